The number of amides is 1. The van der Waals surface area contributed by atoms with Crippen molar-refractivity contribution in [3.8, 4) is 0 Å². The smallest absolute Gasteiger partial charge is 0.444 e. The Morgan fingerprint density at radius 1 is 1.16 bits per heavy atom. The minimum atomic E-state index is -4.54. The van der Waals surface area contributed by atoms with Gasteiger partial charge in [-0.2, -0.15) is 13.2 Å². The molecule has 0 aromatic heterocycles. The predicted molar refractivity (Wildman–Crippen MR) is 114 cm³/mol. The fourth-order valence-corrected chi connectivity index (χ4v) is 2.83. The van der Waals surface area contributed by atoms with E-state index in [-0.39, 0.29) is 6.54 Å². The molecule has 1 aliphatic heterocycles. The maximum absolute atomic E-state index is 13.0. The van der Waals surface area contributed by atoms with Gasteiger partial charge in [-0.1, -0.05) is 12.1 Å². The molecule has 0 unspecified atom stereocenters. The second kappa shape index (κ2) is 8.39. The summed E-state index contributed by atoms with van der Waals surface area (Å²) >= 11 is 0. The van der Waals surface area contributed by atoms with E-state index in [0.717, 1.165) is 6.07 Å². The zero-order valence-electron chi connectivity index (χ0n) is 18.9. The monoisotopic (exact) mass is 442 g/mol. The van der Waals surface area contributed by atoms with Crippen molar-refractivity contribution in [3.63, 3.8) is 0 Å². The second-order valence-corrected chi connectivity index (χ2v) is 9.51. The Kier molecular flexibility index (Phi) is 6.78. The van der Waals surface area contributed by atoms with E-state index in [1.54, 1.807) is 26.8 Å². The molecule has 0 radical (unpaired) electrons. The van der Waals surface area contributed by atoms with Crippen LogP contribution in [0.5, 0.6) is 0 Å². The van der Waals surface area contributed by atoms with Gasteiger partial charge in [-0.25, -0.2) is 4.79 Å². The zero-order valence-corrected chi connectivity index (χ0v) is 18.9. The van der Waals surface area contributed by atoms with Crippen LogP contribution in [0.4, 0.5) is 23.7 Å². The van der Waals surface area contributed by atoms with Gasteiger partial charge < -0.3 is 25.1 Å². The number of anilines is 1. The number of rotatable bonds is 4. The number of nitrogens with one attached hydrogen (secondary N) is 1. The summed E-state index contributed by atoms with van der Waals surface area (Å²) in [6.45, 7) is 12.7. The van der Waals surface area contributed by atoms with Gasteiger partial charge in [-0.3, -0.25) is 0 Å². The molecule has 31 heavy (non-hydrogen) atoms. The van der Waals surface area contributed by atoms with E-state index in [9.17, 15) is 18.0 Å². The summed E-state index contributed by atoms with van der Waals surface area (Å²) in [5.74, 6) is 0. The molecule has 172 valence electrons. The molecule has 1 aromatic rings. The summed E-state index contributed by atoms with van der Waals surface area (Å²) in [6.07, 6.45) is -3.59. The summed E-state index contributed by atoms with van der Waals surface area (Å²) in [7, 11) is -0.816. The molecule has 0 spiro atoms. The van der Waals surface area contributed by atoms with Crippen LogP contribution in [-0.4, -0.2) is 36.6 Å². The van der Waals surface area contributed by atoms with Gasteiger partial charge in [0.15, 0.2) is 0 Å². The first kappa shape index (κ1) is 25.1. The van der Waals surface area contributed by atoms with Crippen molar-refractivity contribution < 1.29 is 32.0 Å². The highest BCUT2D eigenvalue weighted by molar-refractivity contribution is 6.56. The molecular weight excluding hydrogens is 412 g/mol. The van der Waals surface area contributed by atoms with Crippen molar-refractivity contribution in [3.05, 3.63) is 34.8 Å². The van der Waals surface area contributed by atoms with Crippen LogP contribution < -0.4 is 11.1 Å². The van der Waals surface area contributed by atoms with Gasteiger partial charge >= 0.3 is 19.4 Å². The third-order valence-corrected chi connectivity index (χ3v) is 5.12. The molecule has 0 saturated carbocycles. The van der Waals surface area contributed by atoms with Crippen LogP contribution in [0.2, 0.25) is 0 Å². The van der Waals surface area contributed by atoms with Crippen molar-refractivity contribution in [2.75, 3.05) is 12.3 Å². The molecule has 0 atom stereocenters. The van der Waals surface area contributed by atoms with Crippen LogP contribution in [-0.2, 0) is 20.2 Å². The minimum Gasteiger partial charge on any atom is -0.444 e. The van der Waals surface area contributed by atoms with Gasteiger partial charge in [0.05, 0.1) is 16.8 Å². The average Bonchev–Trinajstić information content (AvgIpc) is 2.76. The first-order valence-electron chi connectivity index (χ1n) is 9.91. The molecule has 10 heteroatoms. The van der Waals surface area contributed by atoms with Crippen LogP contribution in [0.15, 0.2) is 23.7 Å². The number of alkyl halides is 3. The standard InChI is InChI=1S/C21H30BF3N2O4/c1-18(2,3)29-17(28)27-12-14(22-30-19(4,5)20(6,7)31-22)10-13-8-9-15(16(26)11-13)21(23,24)25/h8-11H,12,26H2,1-7H3,(H,27,28). The van der Waals surface area contributed by atoms with Gasteiger partial charge in [0.25, 0.3) is 0 Å². The van der Waals surface area contributed by atoms with Crippen LogP contribution in [0, 0.1) is 0 Å². The molecule has 1 saturated heterocycles. The van der Waals surface area contributed by atoms with E-state index in [2.05, 4.69) is 5.32 Å². The summed E-state index contributed by atoms with van der Waals surface area (Å²) in [6, 6.07) is 3.45. The van der Waals surface area contributed by atoms with E-state index in [1.807, 2.05) is 27.7 Å². The van der Waals surface area contributed by atoms with E-state index in [1.165, 1.54) is 12.1 Å². The number of benzene rings is 1. The number of hydrogen-bond acceptors (Lipinski definition) is 5. The predicted octanol–water partition coefficient (Wildman–Crippen LogP) is 4.83. The van der Waals surface area contributed by atoms with Gasteiger partial charge in [0.2, 0.25) is 0 Å². The number of hydrogen-bond donors (Lipinski definition) is 2. The number of carbonyl (C=O) groups excluding carboxylic acids is 1. The first-order valence-corrected chi connectivity index (χ1v) is 9.91. The fraction of sp³-hybridized carbons (Fsp3) is 0.571. The van der Waals surface area contributed by atoms with E-state index >= 15 is 0 Å². The molecule has 1 amide bonds. The number of alkyl carbamates (subject to hydrolysis) is 1. The number of carbonyl (C=O) groups is 1. The Morgan fingerprint density at radius 3 is 2.16 bits per heavy atom. The topological polar surface area (TPSA) is 82.8 Å². The highest BCUT2D eigenvalue weighted by Gasteiger charge is 2.52. The molecular formula is C21H30BF3N2O4. The normalized spacial score (nSPS) is 18.8. The van der Waals surface area contributed by atoms with E-state index in [0.29, 0.717) is 11.0 Å². The maximum Gasteiger partial charge on any atom is 0.492 e. The van der Waals surface area contributed by atoms with Crippen LogP contribution in [0.25, 0.3) is 6.08 Å². The quantitative estimate of drug-likeness (QED) is 0.516. The molecule has 0 bridgehead atoms. The van der Waals surface area contributed by atoms with E-state index < -0.39 is 47.4 Å². The van der Waals surface area contributed by atoms with Gasteiger partial charge in [-0.05, 0) is 71.6 Å². The zero-order chi connectivity index (χ0) is 23.8. The number of nitrogen functional groups attached to an aromatic ring is 1. The van der Waals surface area contributed by atoms with Crippen LogP contribution in [0.1, 0.15) is 59.6 Å². The fourth-order valence-electron chi connectivity index (χ4n) is 2.83. The Hall–Kier alpha value is -2.20. The van der Waals surface area contributed by atoms with Gasteiger partial charge in [-0.15, -0.1) is 0 Å². The number of ether oxygens (including phenoxy) is 1. The lowest BCUT2D eigenvalue weighted by atomic mass is 9.77. The molecule has 1 heterocycles. The Morgan fingerprint density at radius 2 is 1.71 bits per heavy atom. The van der Waals surface area contributed by atoms with Gasteiger partial charge in [0, 0.05) is 12.2 Å². The summed E-state index contributed by atoms with van der Waals surface area (Å²) in [4.78, 5) is 12.1. The molecule has 1 fully saturated rings. The third-order valence-electron chi connectivity index (χ3n) is 5.12. The first-order chi connectivity index (χ1) is 13.9. The lowest BCUT2D eigenvalue weighted by molar-refractivity contribution is -0.136. The Bertz CT molecular complexity index is 845. The van der Waals surface area contributed by atoms with Crippen molar-refractivity contribution in [2.45, 2.75) is 71.4 Å². The Balaban J connectivity index is 2.34. The average molecular weight is 442 g/mol. The van der Waals surface area contributed by atoms with Crippen LogP contribution >= 0.6 is 0 Å². The molecule has 2 rings (SSSR count). The van der Waals surface area contributed by atoms with Crippen molar-refractivity contribution in [1.82, 2.24) is 5.32 Å². The third kappa shape index (κ3) is 6.40. The maximum atomic E-state index is 13.0. The summed E-state index contributed by atoms with van der Waals surface area (Å²) < 4.78 is 56.4. The lowest BCUT2D eigenvalue weighted by Gasteiger charge is -2.32. The molecule has 0 aliphatic carbocycles. The summed E-state index contributed by atoms with van der Waals surface area (Å²) in [5, 5.41) is 2.64. The molecule has 6 nitrogen and oxygen atoms in total. The van der Waals surface area contributed by atoms with Crippen molar-refractivity contribution in [2.24, 2.45) is 0 Å². The lowest BCUT2D eigenvalue weighted by Crippen LogP contribution is -2.41. The largest absolute Gasteiger partial charge is 0.492 e. The molecule has 1 aromatic carbocycles. The minimum absolute atomic E-state index is 0.00661. The number of halogens is 3. The number of nitrogens with two attached hydrogens (primary N) is 1. The Labute approximate surface area is 181 Å². The van der Waals surface area contributed by atoms with Crippen LogP contribution in [0.3, 0.4) is 0 Å². The SMILES string of the molecule is CC(C)(C)OC(=O)NCC(=Cc1ccc(C(F)(F)F)c(N)c1)B1OC(C)(C)C(C)(C)O1. The molecule has 3 N–H and O–H groups in total. The van der Waals surface area contributed by atoms with Gasteiger partial charge in [0.1, 0.15) is 5.60 Å². The molecule has 1 aliphatic rings. The highest BCUT2D eigenvalue weighted by Crippen LogP contribution is 2.39. The second-order valence-electron chi connectivity index (χ2n) is 9.51. The van der Waals surface area contributed by atoms with Crippen molar-refractivity contribution in [1.29, 1.82) is 0 Å². The summed E-state index contributed by atoms with van der Waals surface area (Å²) in [5.41, 5.74) is 3.28. The van der Waals surface area contributed by atoms with E-state index in [4.69, 9.17) is 19.8 Å². The highest BCUT2D eigenvalue weighted by atomic mass is 19.4. The van der Waals surface area contributed by atoms with Crippen molar-refractivity contribution >= 4 is 25.0 Å².